The highest BCUT2D eigenvalue weighted by Crippen LogP contribution is 2.25. The molecule has 4 nitrogen and oxygen atoms in total. The second-order valence-electron chi connectivity index (χ2n) is 3.92. The van der Waals surface area contributed by atoms with Crippen LogP contribution in [-0.4, -0.2) is 15.0 Å². The number of hydrogen-bond acceptors (Lipinski definition) is 5. The number of nitrogens with two attached hydrogens (primary N) is 1. The van der Waals surface area contributed by atoms with Crippen LogP contribution < -0.4 is 11.1 Å². The molecule has 19 heavy (non-hydrogen) atoms. The molecule has 0 bridgehead atoms. The lowest BCUT2D eigenvalue weighted by Crippen LogP contribution is -2.13. The average molecular weight is 286 g/mol. The van der Waals surface area contributed by atoms with Gasteiger partial charge in [0.25, 0.3) is 0 Å². The summed E-state index contributed by atoms with van der Waals surface area (Å²) in [5, 5.41) is 3.28. The number of aromatic nitrogens is 2. The summed E-state index contributed by atoms with van der Waals surface area (Å²) in [5.74, 6) is 0. The SMILES string of the molecule is NC(=S)c1ncccc1Nc1ccc2ncsc2c1. The summed E-state index contributed by atoms with van der Waals surface area (Å²) in [6, 6.07) is 9.74. The summed E-state index contributed by atoms with van der Waals surface area (Å²) >= 11 is 6.60. The molecule has 3 N–H and O–H groups in total. The minimum Gasteiger partial charge on any atom is -0.388 e. The Morgan fingerprint density at radius 1 is 1.26 bits per heavy atom. The molecule has 6 heteroatoms. The van der Waals surface area contributed by atoms with E-state index >= 15 is 0 Å². The van der Waals surface area contributed by atoms with Gasteiger partial charge < -0.3 is 11.1 Å². The van der Waals surface area contributed by atoms with Gasteiger partial charge in [-0.1, -0.05) is 12.2 Å². The molecule has 0 aliphatic heterocycles. The number of nitrogens with zero attached hydrogens (tertiary/aromatic N) is 2. The normalized spacial score (nSPS) is 10.5. The quantitative estimate of drug-likeness (QED) is 0.724. The highest BCUT2D eigenvalue weighted by atomic mass is 32.1. The largest absolute Gasteiger partial charge is 0.388 e. The smallest absolute Gasteiger partial charge is 0.124 e. The molecular weight excluding hydrogens is 276 g/mol. The van der Waals surface area contributed by atoms with Crippen LogP contribution in [0.5, 0.6) is 0 Å². The van der Waals surface area contributed by atoms with Gasteiger partial charge in [0.05, 0.1) is 21.4 Å². The molecular formula is C13H10N4S2. The molecule has 3 rings (SSSR count). The Kier molecular flexibility index (Phi) is 3.10. The van der Waals surface area contributed by atoms with Gasteiger partial charge in [0.15, 0.2) is 0 Å². The molecule has 0 saturated carbocycles. The molecule has 3 aromatic rings. The maximum atomic E-state index is 5.66. The van der Waals surface area contributed by atoms with Crippen molar-refractivity contribution in [2.24, 2.45) is 5.73 Å². The summed E-state index contributed by atoms with van der Waals surface area (Å²) in [7, 11) is 0. The number of benzene rings is 1. The van der Waals surface area contributed by atoms with Crippen molar-refractivity contribution in [3.8, 4) is 0 Å². The molecule has 0 fully saturated rings. The van der Waals surface area contributed by atoms with Gasteiger partial charge in [0.2, 0.25) is 0 Å². The van der Waals surface area contributed by atoms with Crippen molar-refractivity contribution in [1.82, 2.24) is 9.97 Å². The van der Waals surface area contributed by atoms with Crippen LogP contribution in [0, 0.1) is 0 Å². The standard InChI is InChI=1S/C13H10N4S2/c14-13(18)12-10(2-1-5-15-12)17-8-3-4-9-11(6-8)19-7-16-9/h1-7,17H,(H2,14,18). The summed E-state index contributed by atoms with van der Waals surface area (Å²) in [5.41, 5.74) is 10.9. The average Bonchev–Trinajstić information content (AvgIpc) is 2.86. The van der Waals surface area contributed by atoms with Crippen molar-refractivity contribution in [2.75, 3.05) is 5.32 Å². The number of anilines is 2. The van der Waals surface area contributed by atoms with Gasteiger partial charge in [0.1, 0.15) is 10.7 Å². The Morgan fingerprint density at radius 2 is 2.16 bits per heavy atom. The van der Waals surface area contributed by atoms with E-state index in [1.807, 2.05) is 35.8 Å². The Bertz CT molecular complexity index is 751. The van der Waals surface area contributed by atoms with Crippen LogP contribution in [0.4, 0.5) is 11.4 Å². The lowest BCUT2D eigenvalue weighted by atomic mass is 10.2. The van der Waals surface area contributed by atoms with Crippen LogP contribution >= 0.6 is 23.6 Å². The maximum absolute atomic E-state index is 5.66. The predicted octanol–water partition coefficient (Wildman–Crippen LogP) is 3.07. The molecule has 0 amide bonds. The third-order valence-electron chi connectivity index (χ3n) is 2.65. The number of thiazole rings is 1. The van der Waals surface area contributed by atoms with Crippen LogP contribution in [0.1, 0.15) is 5.69 Å². The third-order valence-corrected chi connectivity index (χ3v) is 3.64. The number of pyridine rings is 1. The van der Waals surface area contributed by atoms with E-state index < -0.39 is 0 Å². The predicted molar refractivity (Wildman–Crippen MR) is 83.0 cm³/mol. The van der Waals surface area contributed by atoms with Crippen molar-refractivity contribution >= 4 is 50.1 Å². The number of thiocarbonyl (C=S) groups is 1. The first-order valence-electron chi connectivity index (χ1n) is 5.59. The lowest BCUT2D eigenvalue weighted by Gasteiger charge is -2.09. The zero-order valence-corrected chi connectivity index (χ0v) is 11.5. The Hall–Kier alpha value is -2.05. The summed E-state index contributed by atoms with van der Waals surface area (Å²) in [4.78, 5) is 8.72. The van der Waals surface area contributed by atoms with Crippen LogP contribution in [0.15, 0.2) is 42.0 Å². The molecule has 0 spiro atoms. The number of nitrogens with one attached hydrogen (secondary N) is 1. The van der Waals surface area contributed by atoms with Gasteiger partial charge in [-0.3, -0.25) is 4.98 Å². The van der Waals surface area contributed by atoms with E-state index in [2.05, 4.69) is 15.3 Å². The summed E-state index contributed by atoms with van der Waals surface area (Å²) in [6.07, 6.45) is 1.67. The Morgan fingerprint density at radius 3 is 3.00 bits per heavy atom. The third kappa shape index (κ3) is 2.40. The van der Waals surface area contributed by atoms with Crippen LogP contribution in [0.25, 0.3) is 10.2 Å². The van der Waals surface area contributed by atoms with Crippen LogP contribution in [-0.2, 0) is 0 Å². The second kappa shape index (κ2) is 4.91. The van der Waals surface area contributed by atoms with E-state index in [4.69, 9.17) is 18.0 Å². The highest BCUT2D eigenvalue weighted by Gasteiger charge is 2.06. The molecule has 0 unspecified atom stereocenters. The first-order valence-corrected chi connectivity index (χ1v) is 6.88. The molecule has 0 saturated heterocycles. The molecule has 0 atom stereocenters. The minimum atomic E-state index is 0.280. The fourth-order valence-electron chi connectivity index (χ4n) is 1.79. The first kappa shape index (κ1) is 12.0. The molecule has 94 valence electrons. The zero-order valence-electron chi connectivity index (χ0n) is 9.83. The van der Waals surface area contributed by atoms with Gasteiger partial charge in [-0.05, 0) is 30.3 Å². The summed E-state index contributed by atoms with van der Waals surface area (Å²) < 4.78 is 1.13. The monoisotopic (exact) mass is 286 g/mol. The first-order chi connectivity index (χ1) is 9.24. The van der Waals surface area contributed by atoms with Gasteiger partial charge in [-0.25, -0.2) is 4.98 Å². The zero-order chi connectivity index (χ0) is 13.2. The number of hydrogen-bond donors (Lipinski definition) is 2. The van der Waals surface area contributed by atoms with Crippen molar-refractivity contribution in [3.63, 3.8) is 0 Å². The van der Waals surface area contributed by atoms with E-state index in [0.29, 0.717) is 5.69 Å². The van der Waals surface area contributed by atoms with Crippen molar-refractivity contribution < 1.29 is 0 Å². The van der Waals surface area contributed by atoms with Crippen molar-refractivity contribution in [2.45, 2.75) is 0 Å². The van der Waals surface area contributed by atoms with Crippen LogP contribution in [0.2, 0.25) is 0 Å². The Labute approximate surface area is 119 Å². The molecule has 0 radical (unpaired) electrons. The molecule has 1 aromatic carbocycles. The minimum absolute atomic E-state index is 0.280. The van der Waals surface area contributed by atoms with E-state index in [0.717, 1.165) is 21.6 Å². The van der Waals surface area contributed by atoms with Crippen molar-refractivity contribution in [3.05, 3.63) is 47.7 Å². The Balaban J connectivity index is 1.98. The summed E-state index contributed by atoms with van der Waals surface area (Å²) in [6.45, 7) is 0. The van der Waals surface area contributed by atoms with Gasteiger partial charge in [-0.15, -0.1) is 11.3 Å². The molecule has 2 heterocycles. The van der Waals surface area contributed by atoms with Gasteiger partial charge in [0, 0.05) is 11.9 Å². The molecule has 2 aromatic heterocycles. The van der Waals surface area contributed by atoms with E-state index in [1.165, 1.54) is 0 Å². The van der Waals surface area contributed by atoms with E-state index in [1.54, 1.807) is 17.5 Å². The lowest BCUT2D eigenvalue weighted by molar-refractivity contribution is 1.29. The molecule has 0 aliphatic carbocycles. The number of fused-ring (bicyclic) bond motifs is 1. The van der Waals surface area contributed by atoms with Crippen molar-refractivity contribution in [1.29, 1.82) is 0 Å². The fourth-order valence-corrected chi connectivity index (χ4v) is 2.67. The van der Waals surface area contributed by atoms with Crippen LogP contribution in [0.3, 0.4) is 0 Å². The molecule has 0 aliphatic rings. The maximum Gasteiger partial charge on any atom is 0.124 e. The highest BCUT2D eigenvalue weighted by molar-refractivity contribution is 7.80. The van der Waals surface area contributed by atoms with Gasteiger partial charge >= 0.3 is 0 Å². The topological polar surface area (TPSA) is 63.8 Å². The fraction of sp³-hybridized carbons (Fsp3) is 0. The van der Waals surface area contributed by atoms with Gasteiger partial charge in [-0.2, -0.15) is 0 Å². The number of rotatable bonds is 3. The van der Waals surface area contributed by atoms with E-state index in [-0.39, 0.29) is 4.99 Å². The van der Waals surface area contributed by atoms with E-state index in [9.17, 15) is 0 Å². The second-order valence-corrected chi connectivity index (χ2v) is 5.25.